The second kappa shape index (κ2) is 9.97. The van der Waals surface area contributed by atoms with Crippen LogP contribution in [0.5, 0.6) is 0 Å². The lowest BCUT2D eigenvalue weighted by atomic mass is 9.98. The van der Waals surface area contributed by atoms with Gasteiger partial charge in [-0.25, -0.2) is 0 Å². The number of thiazole rings is 1. The third-order valence-corrected chi connectivity index (χ3v) is 8.77. The second-order valence-electron chi connectivity index (χ2n) is 8.50. The Hall–Kier alpha value is -2.94. The molecule has 0 saturated carbocycles. The number of aromatic nitrogens is 1. The van der Waals surface area contributed by atoms with Crippen molar-refractivity contribution in [1.29, 1.82) is 0 Å². The number of H-pyrrole nitrogens is 1. The van der Waals surface area contributed by atoms with E-state index in [-0.39, 0.29) is 11.5 Å². The fraction of sp³-hybridized carbons (Fsp3) is 0.222. The number of benzene rings is 2. The number of allylic oxidation sites excluding steroid dienone is 1. The van der Waals surface area contributed by atoms with Crippen LogP contribution in [-0.4, -0.2) is 33.2 Å². The number of rotatable bonds is 4. The number of aromatic amines is 1. The van der Waals surface area contributed by atoms with Gasteiger partial charge in [-0.05, 0) is 68.2 Å². The van der Waals surface area contributed by atoms with E-state index in [1.807, 2.05) is 19.1 Å². The van der Waals surface area contributed by atoms with Gasteiger partial charge in [0.15, 0.2) is 0 Å². The van der Waals surface area contributed by atoms with Gasteiger partial charge in [0.2, 0.25) is 0 Å². The number of thiocarbonyl (C=S) groups is 1. The van der Waals surface area contributed by atoms with Gasteiger partial charge in [-0.1, -0.05) is 59.9 Å². The molecule has 0 bridgehead atoms. The monoisotopic (exact) mass is 519 g/mol. The molecule has 1 N–H and O–H groups in total. The van der Waals surface area contributed by atoms with Gasteiger partial charge in [0.25, 0.3) is 11.5 Å². The van der Waals surface area contributed by atoms with Gasteiger partial charge in [0, 0.05) is 24.5 Å². The van der Waals surface area contributed by atoms with Gasteiger partial charge < -0.3 is 9.88 Å². The number of nitrogens with one attached hydrogen (secondary N) is 1. The van der Waals surface area contributed by atoms with Crippen molar-refractivity contribution in [3.8, 4) is 0 Å². The van der Waals surface area contributed by atoms with E-state index in [0.717, 1.165) is 24.9 Å². The van der Waals surface area contributed by atoms with Crippen molar-refractivity contribution in [1.82, 2.24) is 9.88 Å². The highest BCUT2D eigenvalue weighted by Crippen LogP contribution is 2.34. The van der Waals surface area contributed by atoms with E-state index < -0.39 is 0 Å². The van der Waals surface area contributed by atoms with Gasteiger partial charge in [-0.3, -0.25) is 14.5 Å². The first-order valence-electron chi connectivity index (χ1n) is 11.6. The Morgan fingerprint density at radius 3 is 2.69 bits per heavy atom. The number of nitrogens with zero attached hydrogens (tertiary/aromatic N) is 2. The molecule has 3 heterocycles. The third-order valence-electron chi connectivity index (χ3n) is 6.14. The molecular weight excluding hydrogens is 495 g/mol. The molecule has 0 spiro atoms. The van der Waals surface area contributed by atoms with Crippen LogP contribution in [0.25, 0.3) is 17.1 Å². The predicted octanol–water partition coefficient (Wildman–Crippen LogP) is 4.31. The summed E-state index contributed by atoms with van der Waals surface area (Å²) >= 11 is 7.81. The highest BCUT2D eigenvalue weighted by molar-refractivity contribution is 8.30. The summed E-state index contributed by atoms with van der Waals surface area (Å²) in [5.41, 5.74) is 5.98. The molecular formula is C27H25N3O2S3. The maximum Gasteiger partial charge on any atom is 0.269 e. The fourth-order valence-electron chi connectivity index (χ4n) is 4.33. The Balaban J connectivity index is 1.40. The molecule has 8 heteroatoms. The molecule has 1 amide bonds. The highest BCUT2D eigenvalue weighted by Gasteiger charge is 2.32. The molecule has 5 nitrogen and oxygen atoms in total. The van der Waals surface area contributed by atoms with E-state index >= 15 is 0 Å². The Bertz CT molecular complexity index is 1520. The van der Waals surface area contributed by atoms with E-state index in [1.54, 1.807) is 11.0 Å². The Kier molecular flexibility index (Phi) is 6.77. The van der Waals surface area contributed by atoms with E-state index in [4.69, 9.17) is 12.2 Å². The summed E-state index contributed by atoms with van der Waals surface area (Å²) in [7, 11) is 0. The van der Waals surface area contributed by atoms with Crippen LogP contribution in [0.4, 0.5) is 11.4 Å². The molecule has 178 valence electrons. The standard InChI is InChI=1S/C27H25N3O2S3/c1-3-29-26(32)23(35-27(29)33)25-28-24(31)22(34-25)8-4-6-18-11-14-21-19(16-18)7-5-15-30(21)20-12-9-17(2)10-13-20/h4,6,8-14,16H,3,5,7,15H2,1-2H3,(H,28,31)/b6-4+,22-8+,25-23+. The first-order valence-corrected chi connectivity index (χ1v) is 13.6. The second-order valence-corrected chi connectivity index (χ2v) is 11.2. The SMILES string of the molecule is CCN1C(=O)/C(=c2/[nH]c(=O)/c(=C\C=C\c3ccc4c(c3)CCCN4c3ccc(C)cc3)s2)SC1=S. The van der Waals surface area contributed by atoms with E-state index in [9.17, 15) is 9.59 Å². The molecule has 5 rings (SSSR count). The molecule has 3 aromatic rings. The van der Waals surface area contributed by atoms with Crippen LogP contribution >= 0.6 is 35.3 Å². The average molecular weight is 520 g/mol. The van der Waals surface area contributed by atoms with Gasteiger partial charge in [-0.15, -0.1) is 11.3 Å². The zero-order chi connectivity index (χ0) is 24.5. The van der Waals surface area contributed by atoms with Crippen LogP contribution in [-0.2, 0) is 11.2 Å². The van der Waals surface area contributed by atoms with Crippen LogP contribution < -0.4 is 19.7 Å². The smallest absolute Gasteiger partial charge is 0.269 e. The van der Waals surface area contributed by atoms with Gasteiger partial charge >= 0.3 is 0 Å². The molecule has 1 fully saturated rings. The number of hydrogen-bond donors (Lipinski definition) is 1. The Labute approximate surface area is 217 Å². The summed E-state index contributed by atoms with van der Waals surface area (Å²) in [5.74, 6) is -0.143. The van der Waals surface area contributed by atoms with Crippen molar-refractivity contribution < 1.29 is 4.79 Å². The van der Waals surface area contributed by atoms with Crippen molar-refractivity contribution in [3.05, 3.63) is 84.8 Å². The van der Waals surface area contributed by atoms with Crippen molar-refractivity contribution >= 4 is 74.0 Å². The quantitative estimate of drug-likeness (QED) is 0.521. The minimum absolute atomic E-state index is 0.143. The van der Waals surface area contributed by atoms with E-state index in [2.05, 4.69) is 59.3 Å². The third kappa shape index (κ3) is 4.78. The van der Waals surface area contributed by atoms with Gasteiger partial charge in [-0.2, -0.15) is 0 Å². The number of anilines is 2. The molecule has 1 saturated heterocycles. The zero-order valence-corrected chi connectivity index (χ0v) is 22.0. The number of fused-ring (bicyclic) bond motifs is 1. The van der Waals surface area contributed by atoms with Crippen molar-refractivity contribution in [2.24, 2.45) is 0 Å². The number of aryl methyl sites for hydroxylation is 2. The first kappa shape index (κ1) is 23.8. The molecule has 0 aliphatic carbocycles. The maximum absolute atomic E-state index is 12.6. The lowest BCUT2D eigenvalue weighted by molar-refractivity contribution is -0.120. The van der Waals surface area contributed by atoms with Crippen molar-refractivity contribution in [2.75, 3.05) is 18.0 Å². The average Bonchev–Trinajstić information content (AvgIpc) is 3.36. The van der Waals surface area contributed by atoms with Gasteiger partial charge in [0.1, 0.15) is 13.9 Å². The number of hydrogen-bond acceptors (Lipinski definition) is 6. The Morgan fingerprint density at radius 2 is 1.94 bits per heavy atom. The number of carbonyl (C=O) groups excluding carboxylic acids is 1. The van der Waals surface area contributed by atoms with Crippen LogP contribution in [0.3, 0.4) is 0 Å². The van der Waals surface area contributed by atoms with E-state index in [0.29, 0.717) is 25.0 Å². The lowest BCUT2D eigenvalue weighted by Crippen LogP contribution is -2.28. The number of thioether (sulfide) groups is 1. The minimum Gasteiger partial charge on any atom is -0.341 e. The van der Waals surface area contributed by atoms with Crippen LogP contribution in [0, 0.1) is 6.92 Å². The van der Waals surface area contributed by atoms with Gasteiger partial charge in [0.05, 0.1) is 4.53 Å². The number of amides is 1. The summed E-state index contributed by atoms with van der Waals surface area (Å²) in [6.45, 7) is 5.53. The molecule has 0 atom stereocenters. The molecule has 1 aromatic heterocycles. The molecule has 2 aliphatic rings. The fourth-order valence-corrected chi connectivity index (χ4v) is 6.71. The summed E-state index contributed by atoms with van der Waals surface area (Å²) in [5, 5.41) is 0. The topological polar surface area (TPSA) is 56.4 Å². The van der Waals surface area contributed by atoms with Crippen LogP contribution in [0.15, 0.2) is 53.3 Å². The predicted molar refractivity (Wildman–Crippen MR) is 152 cm³/mol. The highest BCUT2D eigenvalue weighted by atomic mass is 32.2. The minimum atomic E-state index is -0.199. The summed E-state index contributed by atoms with van der Waals surface area (Å²) in [4.78, 5) is 32.3. The van der Waals surface area contributed by atoms with E-state index in [1.165, 1.54) is 45.6 Å². The summed E-state index contributed by atoms with van der Waals surface area (Å²) in [6.07, 6.45) is 7.87. The van der Waals surface area contributed by atoms with Crippen LogP contribution in [0.1, 0.15) is 30.0 Å². The normalized spacial score (nSPS) is 18.2. The summed E-state index contributed by atoms with van der Waals surface area (Å²) < 4.78 is 1.65. The molecule has 2 aliphatic heterocycles. The summed E-state index contributed by atoms with van der Waals surface area (Å²) in [6, 6.07) is 15.2. The molecule has 35 heavy (non-hydrogen) atoms. The zero-order valence-electron chi connectivity index (χ0n) is 19.5. The maximum atomic E-state index is 12.6. The van der Waals surface area contributed by atoms with Crippen LogP contribution in [0.2, 0.25) is 0 Å². The Morgan fingerprint density at radius 1 is 1.14 bits per heavy atom. The van der Waals surface area contributed by atoms with Crippen molar-refractivity contribution in [3.63, 3.8) is 0 Å². The molecule has 0 radical (unpaired) electrons. The first-order chi connectivity index (χ1) is 16.9. The van der Waals surface area contributed by atoms with Crippen molar-refractivity contribution in [2.45, 2.75) is 26.7 Å². The lowest BCUT2D eigenvalue weighted by Gasteiger charge is -2.31. The number of carbonyl (C=O) groups is 1. The molecule has 2 aromatic carbocycles. The molecule has 0 unspecified atom stereocenters. The largest absolute Gasteiger partial charge is 0.341 e.